The largest absolute Gasteiger partial charge is 0.381 e. The average molecular weight is 226 g/mol. The third-order valence-electron chi connectivity index (χ3n) is 2.42. The molecule has 1 unspecified atom stereocenters. The van der Waals surface area contributed by atoms with E-state index >= 15 is 0 Å². The molecule has 0 saturated carbocycles. The Bertz CT molecular complexity index is 187. The quantitative estimate of drug-likeness (QED) is 0.583. The van der Waals surface area contributed by atoms with Crippen LogP contribution in [-0.2, 0) is 4.74 Å². The first-order chi connectivity index (χ1) is 7.70. The summed E-state index contributed by atoms with van der Waals surface area (Å²) in [5, 5.41) is 12.0. The summed E-state index contributed by atoms with van der Waals surface area (Å²) < 4.78 is 5.51. The van der Waals surface area contributed by atoms with Gasteiger partial charge in [0.05, 0.1) is 12.1 Å². The van der Waals surface area contributed by atoms with Gasteiger partial charge in [-0.1, -0.05) is 20.8 Å². The van der Waals surface area contributed by atoms with Crippen molar-refractivity contribution in [3.05, 3.63) is 0 Å². The van der Waals surface area contributed by atoms with Gasteiger partial charge in [0.1, 0.15) is 0 Å². The van der Waals surface area contributed by atoms with Gasteiger partial charge in [0.25, 0.3) is 0 Å². The summed E-state index contributed by atoms with van der Waals surface area (Å²) in [5.74, 6) is 0.752. The molecule has 3 nitrogen and oxygen atoms in total. The minimum Gasteiger partial charge on any atom is -0.381 e. The lowest BCUT2D eigenvalue weighted by atomic mass is 10.1. The van der Waals surface area contributed by atoms with Crippen LogP contribution in [0, 0.1) is 17.2 Å². The Hall–Kier alpha value is -0.590. The first-order valence-electron chi connectivity index (χ1n) is 6.41. The van der Waals surface area contributed by atoms with E-state index in [1.807, 2.05) is 0 Å². The summed E-state index contributed by atoms with van der Waals surface area (Å²) in [6.07, 6.45) is 4.19. The summed E-state index contributed by atoms with van der Waals surface area (Å²) in [5.41, 5.74) is 0. The topological polar surface area (TPSA) is 45.0 Å². The van der Waals surface area contributed by atoms with Gasteiger partial charge < -0.3 is 10.1 Å². The van der Waals surface area contributed by atoms with Crippen LogP contribution in [0.5, 0.6) is 0 Å². The Morgan fingerprint density at radius 2 is 2.00 bits per heavy atom. The minimum absolute atomic E-state index is 0.0509. The second kappa shape index (κ2) is 10.9. The standard InChI is InChI=1S/C13H26N2O/c1-4-8-15-13(11-14)7-10-16-9-5-6-12(2)3/h12-13,15H,4-10H2,1-3H3. The second-order valence-electron chi connectivity index (χ2n) is 4.57. The number of nitrogens with one attached hydrogen (secondary N) is 1. The van der Waals surface area contributed by atoms with Gasteiger partial charge in [-0.2, -0.15) is 5.26 Å². The zero-order chi connectivity index (χ0) is 12.2. The molecule has 0 spiro atoms. The molecule has 94 valence electrons. The molecule has 3 heteroatoms. The van der Waals surface area contributed by atoms with E-state index in [9.17, 15) is 0 Å². The molecule has 0 rings (SSSR count). The van der Waals surface area contributed by atoms with E-state index < -0.39 is 0 Å². The van der Waals surface area contributed by atoms with Crippen molar-refractivity contribution in [2.24, 2.45) is 5.92 Å². The predicted octanol–water partition coefficient (Wildman–Crippen LogP) is 2.72. The number of hydrogen-bond donors (Lipinski definition) is 1. The Balaban J connectivity index is 3.31. The SMILES string of the molecule is CCCNC(C#N)CCOCCCC(C)C. The number of hydrogen-bond acceptors (Lipinski definition) is 3. The zero-order valence-corrected chi connectivity index (χ0v) is 11.0. The molecule has 0 fully saturated rings. The molecule has 1 N–H and O–H groups in total. The van der Waals surface area contributed by atoms with E-state index in [1.54, 1.807) is 0 Å². The van der Waals surface area contributed by atoms with Crippen LogP contribution in [0.25, 0.3) is 0 Å². The average Bonchev–Trinajstić information content (AvgIpc) is 2.26. The monoisotopic (exact) mass is 226 g/mol. The molecule has 0 bridgehead atoms. The fourth-order valence-electron chi connectivity index (χ4n) is 1.43. The highest BCUT2D eigenvalue weighted by atomic mass is 16.5. The van der Waals surface area contributed by atoms with Gasteiger partial charge in [-0.25, -0.2) is 0 Å². The van der Waals surface area contributed by atoms with Gasteiger partial charge in [-0.3, -0.25) is 0 Å². The first kappa shape index (κ1) is 15.4. The van der Waals surface area contributed by atoms with Crippen LogP contribution in [0.3, 0.4) is 0 Å². The molecule has 0 aliphatic heterocycles. The smallest absolute Gasteiger partial charge is 0.0975 e. The summed E-state index contributed by atoms with van der Waals surface area (Å²) in [6, 6.07) is 2.20. The highest BCUT2D eigenvalue weighted by Crippen LogP contribution is 2.03. The number of nitriles is 1. The maximum absolute atomic E-state index is 8.86. The van der Waals surface area contributed by atoms with E-state index in [1.165, 1.54) is 6.42 Å². The van der Waals surface area contributed by atoms with E-state index in [-0.39, 0.29) is 6.04 Å². The molecular weight excluding hydrogens is 200 g/mol. The van der Waals surface area contributed by atoms with Gasteiger partial charge in [0.15, 0.2) is 0 Å². The Kier molecular flexibility index (Phi) is 10.5. The number of ether oxygens (including phenoxy) is 1. The van der Waals surface area contributed by atoms with Crippen LogP contribution in [0.4, 0.5) is 0 Å². The molecule has 0 aromatic carbocycles. The summed E-state index contributed by atoms with van der Waals surface area (Å²) in [4.78, 5) is 0. The van der Waals surface area contributed by atoms with Crippen LogP contribution in [-0.4, -0.2) is 25.8 Å². The van der Waals surface area contributed by atoms with Gasteiger partial charge in [0.2, 0.25) is 0 Å². The lowest BCUT2D eigenvalue weighted by Crippen LogP contribution is -2.29. The summed E-state index contributed by atoms with van der Waals surface area (Å²) >= 11 is 0. The predicted molar refractivity (Wildman–Crippen MR) is 67.2 cm³/mol. The summed E-state index contributed by atoms with van der Waals surface area (Å²) in [6.45, 7) is 8.97. The van der Waals surface area contributed by atoms with E-state index in [0.29, 0.717) is 6.61 Å². The fourth-order valence-corrected chi connectivity index (χ4v) is 1.43. The minimum atomic E-state index is -0.0509. The molecule has 0 amide bonds. The van der Waals surface area contributed by atoms with Crippen molar-refractivity contribution < 1.29 is 4.74 Å². The Labute approximate surface area is 100 Å². The van der Waals surface area contributed by atoms with Crippen molar-refractivity contribution in [3.63, 3.8) is 0 Å². The molecular formula is C13H26N2O. The highest BCUT2D eigenvalue weighted by Gasteiger charge is 2.04. The third kappa shape index (κ3) is 9.95. The lowest BCUT2D eigenvalue weighted by Gasteiger charge is -2.11. The van der Waals surface area contributed by atoms with Gasteiger partial charge >= 0.3 is 0 Å². The first-order valence-corrected chi connectivity index (χ1v) is 6.41. The van der Waals surface area contributed by atoms with Crippen molar-refractivity contribution in [2.45, 2.75) is 52.5 Å². The van der Waals surface area contributed by atoms with E-state index in [4.69, 9.17) is 10.00 Å². The van der Waals surface area contributed by atoms with Crippen molar-refractivity contribution in [2.75, 3.05) is 19.8 Å². The van der Waals surface area contributed by atoms with E-state index in [2.05, 4.69) is 32.2 Å². The van der Waals surface area contributed by atoms with Crippen molar-refractivity contribution >= 4 is 0 Å². The lowest BCUT2D eigenvalue weighted by molar-refractivity contribution is 0.122. The maximum Gasteiger partial charge on any atom is 0.0975 e. The van der Waals surface area contributed by atoms with Crippen molar-refractivity contribution in [3.8, 4) is 6.07 Å². The van der Waals surface area contributed by atoms with E-state index in [0.717, 1.165) is 38.3 Å². The van der Waals surface area contributed by atoms with Gasteiger partial charge in [-0.15, -0.1) is 0 Å². The highest BCUT2D eigenvalue weighted by molar-refractivity contribution is 4.89. The van der Waals surface area contributed by atoms with Gasteiger partial charge in [0, 0.05) is 13.2 Å². The molecule has 0 aromatic heterocycles. The molecule has 0 aliphatic rings. The fraction of sp³-hybridized carbons (Fsp3) is 0.923. The Morgan fingerprint density at radius 1 is 1.25 bits per heavy atom. The van der Waals surface area contributed by atoms with Crippen molar-refractivity contribution in [1.82, 2.24) is 5.32 Å². The number of rotatable bonds is 10. The van der Waals surface area contributed by atoms with Crippen LogP contribution in [0.15, 0.2) is 0 Å². The van der Waals surface area contributed by atoms with Crippen LogP contribution in [0.1, 0.15) is 46.5 Å². The number of nitrogens with zero attached hydrogens (tertiary/aromatic N) is 1. The second-order valence-corrected chi connectivity index (χ2v) is 4.57. The van der Waals surface area contributed by atoms with Crippen LogP contribution >= 0.6 is 0 Å². The summed E-state index contributed by atoms with van der Waals surface area (Å²) in [7, 11) is 0. The Morgan fingerprint density at radius 3 is 2.56 bits per heavy atom. The molecule has 1 atom stereocenters. The van der Waals surface area contributed by atoms with Gasteiger partial charge in [-0.05, 0) is 38.1 Å². The normalized spacial score (nSPS) is 12.7. The maximum atomic E-state index is 8.86. The molecule has 0 radical (unpaired) electrons. The molecule has 0 aromatic rings. The molecule has 16 heavy (non-hydrogen) atoms. The zero-order valence-electron chi connectivity index (χ0n) is 11.0. The molecule has 0 aliphatic carbocycles. The molecule has 0 saturated heterocycles. The third-order valence-corrected chi connectivity index (χ3v) is 2.42. The van der Waals surface area contributed by atoms with Crippen molar-refractivity contribution in [1.29, 1.82) is 5.26 Å². The van der Waals surface area contributed by atoms with Crippen LogP contribution < -0.4 is 5.32 Å². The van der Waals surface area contributed by atoms with Crippen LogP contribution in [0.2, 0.25) is 0 Å². The molecule has 0 heterocycles.